The Hall–Kier alpha value is -1.42. The monoisotopic (exact) mass is 599 g/mol. The fourth-order valence-corrected chi connectivity index (χ4v) is 4.83. The molecular formula is C20H16Br3N3O2S. The first kappa shape index (κ1) is 22.3. The summed E-state index contributed by atoms with van der Waals surface area (Å²) in [5.74, 6) is 0.531. The molecule has 0 saturated carbocycles. The molecule has 3 rings (SSSR count). The third-order valence-corrected chi connectivity index (χ3v) is 7.95. The highest BCUT2D eigenvalue weighted by atomic mass is 79.9. The number of nitrogens with one attached hydrogen (secondary N) is 1. The Morgan fingerprint density at radius 2 is 1.83 bits per heavy atom. The van der Waals surface area contributed by atoms with Crippen LogP contribution in [0.2, 0.25) is 0 Å². The molecule has 0 aliphatic carbocycles. The van der Waals surface area contributed by atoms with Crippen molar-refractivity contribution in [1.29, 1.82) is 0 Å². The van der Waals surface area contributed by atoms with Crippen LogP contribution in [0.1, 0.15) is 5.69 Å². The predicted octanol–water partition coefficient (Wildman–Crippen LogP) is 6.48. The van der Waals surface area contributed by atoms with Crippen molar-refractivity contribution in [1.82, 2.24) is 9.97 Å². The Balaban J connectivity index is 1.73. The van der Waals surface area contributed by atoms with Crippen LogP contribution in [-0.4, -0.2) is 28.7 Å². The van der Waals surface area contributed by atoms with E-state index in [1.54, 1.807) is 13.2 Å². The summed E-state index contributed by atoms with van der Waals surface area (Å²) in [4.78, 5) is 21.5. The summed E-state index contributed by atoms with van der Waals surface area (Å²) in [5, 5.41) is 3.44. The number of hydrogen-bond acceptors (Lipinski definition) is 5. The molecule has 1 amide bonds. The van der Waals surface area contributed by atoms with Crippen molar-refractivity contribution in [2.75, 3.05) is 18.2 Å². The SMILES string of the molecule is COc1c(NC(=O)CSc2nc(C)cc(-c3ccccc3)n2)cc(Br)c(Br)c1Br. The molecule has 1 aromatic heterocycles. The highest BCUT2D eigenvalue weighted by Gasteiger charge is 2.17. The molecule has 0 radical (unpaired) electrons. The van der Waals surface area contributed by atoms with Gasteiger partial charge in [0.05, 0.1) is 28.7 Å². The maximum atomic E-state index is 12.5. The number of thioether (sulfide) groups is 1. The summed E-state index contributed by atoms with van der Waals surface area (Å²) >= 11 is 11.7. The summed E-state index contributed by atoms with van der Waals surface area (Å²) in [6.45, 7) is 1.92. The molecule has 0 aliphatic rings. The van der Waals surface area contributed by atoms with Gasteiger partial charge in [-0.05, 0) is 66.8 Å². The molecule has 5 nitrogen and oxygen atoms in total. The molecule has 0 spiro atoms. The minimum Gasteiger partial charge on any atom is -0.493 e. The lowest BCUT2D eigenvalue weighted by atomic mass is 10.1. The third kappa shape index (κ3) is 5.59. The van der Waals surface area contributed by atoms with Crippen molar-refractivity contribution in [2.45, 2.75) is 12.1 Å². The van der Waals surface area contributed by atoms with Gasteiger partial charge in [0, 0.05) is 20.2 Å². The number of amides is 1. The van der Waals surface area contributed by atoms with Crippen molar-refractivity contribution in [2.24, 2.45) is 0 Å². The van der Waals surface area contributed by atoms with Crippen LogP contribution in [-0.2, 0) is 4.79 Å². The molecule has 9 heteroatoms. The second kappa shape index (κ2) is 10.1. The van der Waals surface area contributed by atoms with Gasteiger partial charge in [-0.25, -0.2) is 9.97 Å². The first-order valence-corrected chi connectivity index (χ1v) is 11.8. The van der Waals surface area contributed by atoms with E-state index in [2.05, 4.69) is 63.1 Å². The number of hydrogen-bond donors (Lipinski definition) is 1. The molecule has 29 heavy (non-hydrogen) atoms. The number of methoxy groups -OCH3 is 1. The quantitative estimate of drug-likeness (QED) is 0.199. The van der Waals surface area contributed by atoms with Crippen LogP contribution in [0.3, 0.4) is 0 Å². The topological polar surface area (TPSA) is 64.1 Å². The van der Waals surface area contributed by atoms with E-state index >= 15 is 0 Å². The number of halogens is 3. The number of benzene rings is 2. The molecule has 0 unspecified atom stereocenters. The highest BCUT2D eigenvalue weighted by Crippen LogP contribution is 2.43. The van der Waals surface area contributed by atoms with E-state index in [1.807, 2.05) is 43.3 Å². The van der Waals surface area contributed by atoms with Gasteiger partial charge in [0.1, 0.15) is 0 Å². The van der Waals surface area contributed by atoms with Crippen molar-refractivity contribution in [3.8, 4) is 17.0 Å². The molecule has 0 atom stereocenters. The summed E-state index contributed by atoms with van der Waals surface area (Å²) in [7, 11) is 1.55. The van der Waals surface area contributed by atoms with Crippen LogP contribution in [0.25, 0.3) is 11.3 Å². The lowest BCUT2D eigenvalue weighted by Crippen LogP contribution is -2.15. The van der Waals surface area contributed by atoms with Crippen LogP contribution in [0.15, 0.2) is 61.0 Å². The molecule has 0 bridgehead atoms. The van der Waals surface area contributed by atoms with E-state index in [0.29, 0.717) is 21.1 Å². The zero-order valence-electron chi connectivity index (χ0n) is 15.5. The minimum absolute atomic E-state index is 0.173. The maximum absolute atomic E-state index is 12.5. The molecule has 150 valence electrons. The molecule has 1 N–H and O–H groups in total. The average molecular weight is 602 g/mol. The minimum atomic E-state index is -0.180. The van der Waals surface area contributed by atoms with Gasteiger partial charge in [-0.15, -0.1) is 0 Å². The lowest BCUT2D eigenvalue weighted by Gasteiger charge is -2.14. The largest absolute Gasteiger partial charge is 0.493 e. The van der Waals surface area contributed by atoms with Gasteiger partial charge >= 0.3 is 0 Å². The zero-order valence-corrected chi connectivity index (χ0v) is 21.1. The Morgan fingerprint density at radius 3 is 2.52 bits per heavy atom. The van der Waals surface area contributed by atoms with Crippen molar-refractivity contribution in [3.63, 3.8) is 0 Å². The highest BCUT2D eigenvalue weighted by molar-refractivity contribution is 9.14. The van der Waals surface area contributed by atoms with Gasteiger partial charge < -0.3 is 10.1 Å². The number of ether oxygens (including phenoxy) is 1. The van der Waals surface area contributed by atoms with E-state index < -0.39 is 0 Å². The van der Waals surface area contributed by atoms with Crippen LogP contribution in [0.4, 0.5) is 5.69 Å². The number of aryl methyl sites for hydroxylation is 1. The fourth-order valence-electron chi connectivity index (χ4n) is 2.55. The van der Waals surface area contributed by atoms with E-state index in [1.165, 1.54) is 11.8 Å². The number of rotatable bonds is 6. The molecular weight excluding hydrogens is 586 g/mol. The maximum Gasteiger partial charge on any atom is 0.234 e. The number of nitrogens with zero attached hydrogens (tertiary/aromatic N) is 2. The standard InChI is InChI=1S/C20H16Br3N3O2S/c1-11-8-14(12-6-4-3-5-7-12)26-20(24-11)29-10-16(27)25-15-9-13(21)17(22)18(23)19(15)28-2/h3-9H,10H2,1-2H3,(H,25,27). The van der Waals surface area contributed by atoms with Crippen LogP contribution in [0, 0.1) is 6.92 Å². The van der Waals surface area contributed by atoms with E-state index in [4.69, 9.17) is 4.74 Å². The summed E-state index contributed by atoms with van der Waals surface area (Å²) in [5.41, 5.74) is 3.27. The first-order chi connectivity index (χ1) is 13.9. The van der Waals surface area contributed by atoms with Crippen molar-refractivity contribution >= 4 is 71.1 Å². The second-order valence-electron chi connectivity index (χ2n) is 5.95. The number of carbonyl (C=O) groups is 1. The lowest BCUT2D eigenvalue weighted by molar-refractivity contribution is -0.113. The van der Waals surface area contributed by atoms with Crippen molar-refractivity contribution in [3.05, 3.63) is 61.6 Å². The molecule has 0 fully saturated rings. The normalized spacial score (nSPS) is 10.7. The van der Waals surface area contributed by atoms with Gasteiger partial charge in [0.15, 0.2) is 10.9 Å². The van der Waals surface area contributed by atoms with Gasteiger partial charge in [-0.3, -0.25) is 4.79 Å². The Bertz CT molecular complexity index is 1050. The number of aromatic nitrogens is 2. The van der Waals surface area contributed by atoms with Crippen LogP contribution < -0.4 is 10.1 Å². The Kier molecular flexibility index (Phi) is 7.72. The van der Waals surface area contributed by atoms with Gasteiger partial charge in [-0.1, -0.05) is 42.1 Å². The van der Waals surface area contributed by atoms with Gasteiger partial charge in [-0.2, -0.15) is 0 Å². The number of carbonyl (C=O) groups excluding carboxylic acids is 1. The molecule has 0 aliphatic heterocycles. The van der Waals surface area contributed by atoms with Gasteiger partial charge in [0.25, 0.3) is 0 Å². The van der Waals surface area contributed by atoms with Crippen molar-refractivity contribution < 1.29 is 9.53 Å². The van der Waals surface area contributed by atoms with Crippen LogP contribution >= 0.6 is 59.6 Å². The summed E-state index contributed by atoms with van der Waals surface area (Å²) in [6.07, 6.45) is 0. The molecule has 1 heterocycles. The molecule has 2 aromatic carbocycles. The third-order valence-electron chi connectivity index (χ3n) is 3.83. The van der Waals surface area contributed by atoms with E-state index in [9.17, 15) is 4.79 Å². The smallest absolute Gasteiger partial charge is 0.234 e. The zero-order chi connectivity index (χ0) is 21.0. The predicted molar refractivity (Wildman–Crippen MR) is 128 cm³/mol. The summed E-state index contributed by atoms with van der Waals surface area (Å²) < 4.78 is 7.73. The van der Waals surface area contributed by atoms with Gasteiger partial charge in [0.2, 0.25) is 5.91 Å². The molecule has 0 saturated heterocycles. The Labute approximate surface area is 198 Å². The Morgan fingerprint density at radius 1 is 1.10 bits per heavy atom. The average Bonchev–Trinajstić information content (AvgIpc) is 2.71. The van der Waals surface area contributed by atoms with E-state index in [0.717, 1.165) is 25.9 Å². The first-order valence-electron chi connectivity index (χ1n) is 8.44. The summed E-state index contributed by atoms with van der Waals surface area (Å²) in [6, 6.07) is 13.6. The number of anilines is 1. The fraction of sp³-hybridized carbons (Fsp3) is 0.150. The molecule has 3 aromatic rings. The van der Waals surface area contributed by atoms with Crippen LogP contribution in [0.5, 0.6) is 5.75 Å². The second-order valence-corrected chi connectivity index (χ2v) is 9.33. The van der Waals surface area contributed by atoms with E-state index in [-0.39, 0.29) is 11.7 Å².